The molecule has 0 bridgehead atoms. The predicted octanol–water partition coefficient (Wildman–Crippen LogP) is 9.01. The van der Waals surface area contributed by atoms with E-state index in [9.17, 15) is 0 Å². The topological polar surface area (TPSA) is 30.9 Å². The summed E-state index contributed by atoms with van der Waals surface area (Å²) in [6, 6.07) is 0.560. The standard InChI is InChI=1S/C29H63NO3Si/c1-8-13-14-15-16-17-18-19-20-21-22-23-24-26-29(27-28(25-9-2)30(6)7)34(31-10-3,32-11-4)33-12-5/h28-29H,8-27H2,1-7H3. The molecule has 2 unspecified atom stereocenters. The van der Waals surface area contributed by atoms with Crippen LogP contribution in [-0.2, 0) is 13.3 Å². The Kier molecular flexibility index (Phi) is 23.5. The maximum atomic E-state index is 6.37. The van der Waals surface area contributed by atoms with Crippen molar-refractivity contribution >= 4 is 8.80 Å². The van der Waals surface area contributed by atoms with Crippen molar-refractivity contribution in [2.24, 2.45) is 0 Å². The molecule has 0 aliphatic rings. The minimum absolute atomic E-state index is 0.388. The first-order chi connectivity index (χ1) is 16.5. The highest BCUT2D eigenvalue weighted by Gasteiger charge is 2.49. The summed E-state index contributed by atoms with van der Waals surface area (Å²) in [4.78, 5) is 2.39. The summed E-state index contributed by atoms with van der Waals surface area (Å²) in [7, 11) is 1.74. The van der Waals surface area contributed by atoms with E-state index in [0.29, 0.717) is 31.4 Å². The van der Waals surface area contributed by atoms with Crippen LogP contribution in [0, 0.1) is 0 Å². The molecule has 0 saturated heterocycles. The fraction of sp³-hybridized carbons (Fsp3) is 1.00. The van der Waals surface area contributed by atoms with Gasteiger partial charge in [-0.2, -0.15) is 0 Å². The van der Waals surface area contributed by atoms with Crippen LogP contribution < -0.4 is 0 Å². The molecule has 0 fully saturated rings. The van der Waals surface area contributed by atoms with Gasteiger partial charge in [0.05, 0.1) is 0 Å². The van der Waals surface area contributed by atoms with Crippen molar-refractivity contribution in [2.75, 3.05) is 33.9 Å². The second-order valence-corrected chi connectivity index (χ2v) is 13.2. The Balaban J connectivity index is 4.60. The third-order valence-electron chi connectivity index (χ3n) is 7.10. The van der Waals surface area contributed by atoms with Crippen molar-refractivity contribution in [1.29, 1.82) is 0 Å². The lowest BCUT2D eigenvalue weighted by atomic mass is 10.0. The van der Waals surface area contributed by atoms with Crippen molar-refractivity contribution in [1.82, 2.24) is 4.90 Å². The summed E-state index contributed by atoms with van der Waals surface area (Å²) in [5, 5.41) is 0. The Morgan fingerprint density at radius 3 is 1.29 bits per heavy atom. The van der Waals surface area contributed by atoms with Crippen LogP contribution in [0.15, 0.2) is 0 Å². The Morgan fingerprint density at radius 1 is 0.529 bits per heavy atom. The van der Waals surface area contributed by atoms with Crippen LogP contribution in [0.25, 0.3) is 0 Å². The second-order valence-electron chi connectivity index (χ2n) is 10.3. The van der Waals surface area contributed by atoms with E-state index in [0.717, 1.165) is 12.8 Å². The first-order valence-corrected chi connectivity index (χ1v) is 16.9. The molecular formula is C29H63NO3Si. The highest BCUT2D eigenvalue weighted by molar-refractivity contribution is 6.62. The highest BCUT2D eigenvalue weighted by atomic mass is 28.4. The first-order valence-electron chi connectivity index (χ1n) is 15.1. The summed E-state index contributed by atoms with van der Waals surface area (Å²) in [5.74, 6) is 0. The van der Waals surface area contributed by atoms with Crippen molar-refractivity contribution in [3.05, 3.63) is 0 Å². The number of nitrogens with zero attached hydrogens (tertiary/aromatic N) is 1. The van der Waals surface area contributed by atoms with Gasteiger partial charge in [0.2, 0.25) is 0 Å². The van der Waals surface area contributed by atoms with Gasteiger partial charge in [0.1, 0.15) is 0 Å². The molecular weight excluding hydrogens is 438 g/mol. The van der Waals surface area contributed by atoms with Gasteiger partial charge in [-0.3, -0.25) is 0 Å². The lowest BCUT2D eigenvalue weighted by Gasteiger charge is -2.38. The molecule has 0 aromatic rings. The van der Waals surface area contributed by atoms with Gasteiger partial charge in [0.25, 0.3) is 0 Å². The molecule has 0 rings (SSSR count). The van der Waals surface area contributed by atoms with E-state index in [1.807, 2.05) is 0 Å². The quantitative estimate of drug-likeness (QED) is 0.0873. The third kappa shape index (κ3) is 15.9. The van der Waals surface area contributed by atoms with Crippen molar-refractivity contribution in [2.45, 2.75) is 155 Å². The minimum Gasteiger partial charge on any atom is -0.374 e. The summed E-state index contributed by atoms with van der Waals surface area (Å²) >= 11 is 0. The van der Waals surface area contributed by atoms with Gasteiger partial charge in [-0.1, -0.05) is 104 Å². The average molecular weight is 502 g/mol. The maximum absolute atomic E-state index is 6.37. The average Bonchev–Trinajstić information content (AvgIpc) is 2.81. The fourth-order valence-corrected chi connectivity index (χ4v) is 8.46. The van der Waals surface area contributed by atoms with Crippen molar-refractivity contribution in [3.8, 4) is 0 Å². The van der Waals surface area contributed by atoms with E-state index >= 15 is 0 Å². The molecule has 5 heteroatoms. The Bertz CT molecular complexity index is 405. The van der Waals surface area contributed by atoms with Crippen LogP contribution >= 0.6 is 0 Å². The lowest BCUT2D eigenvalue weighted by molar-refractivity contribution is 0.0545. The SMILES string of the molecule is CCCCCCCCCCCCCCCC(CC(CCC)N(C)C)[Si](OCC)(OCC)OCC. The van der Waals surface area contributed by atoms with E-state index in [1.54, 1.807) is 0 Å². The zero-order valence-electron chi connectivity index (χ0n) is 24.5. The molecule has 34 heavy (non-hydrogen) atoms. The largest absolute Gasteiger partial charge is 0.504 e. The molecule has 0 saturated carbocycles. The number of hydrogen-bond acceptors (Lipinski definition) is 4. The summed E-state index contributed by atoms with van der Waals surface area (Å²) in [5.41, 5.74) is 0.388. The van der Waals surface area contributed by atoms with E-state index in [1.165, 1.54) is 96.3 Å². The smallest absolute Gasteiger partial charge is 0.374 e. The van der Waals surface area contributed by atoms with Gasteiger partial charge < -0.3 is 18.2 Å². The van der Waals surface area contributed by atoms with E-state index in [-0.39, 0.29) is 0 Å². The Morgan fingerprint density at radius 2 is 0.941 bits per heavy atom. The molecule has 0 amide bonds. The highest BCUT2D eigenvalue weighted by Crippen LogP contribution is 2.37. The molecule has 0 aromatic carbocycles. The van der Waals surface area contributed by atoms with Crippen LogP contribution in [-0.4, -0.2) is 53.7 Å². The van der Waals surface area contributed by atoms with Gasteiger partial charge in [0, 0.05) is 31.4 Å². The molecule has 0 radical (unpaired) electrons. The van der Waals surface area contributed by atoms with E-state index in [4.69, 9.17) is 13.3 Å². The van der Waals surface area contributed by atoms with Gasteiger partial charge in [0.15, 0.2) is 0 Å². The molecule has 4 nitrogen and oxygen atoms in total. The molecule has 0 aromatic heterocycles. The fourth-order valence-electron chi connectivity index (χ4n) is 5.18. The number of hydrogen-bond donors (Lipinski definition) is 0. The van der Waals surface area contributed by atoms with Gasteiger partial charge in [-0.15, -0.1) is 0 Å². The molecule has 2 atom stereocenters. The van der Waals surface area contributed by atoms with Gasteiger partial charge in [-0.05, 0) is 54.1 Å². The van der Waals surface area contributed by atoms with Gasteiger partial charge >= 0.3 is 8.80 Å². The van der Waals surface area contributed by atoms with Crippen LogP contribution in [0.2, 0.25) is 5.54 Å². The van der Waals surface area contributed by atoms with Crippen molar-refractivity contribution < 1.29 is 13.3 Å². The number of unbranched alkanes of at least 4 members (excludes halogenated alkanes) is 12. The van der Waals surface area contributed by atoms with Crippen LogP contribution in [0.1, 0.15) is 144 Å². The zero-order chi connectivity index (χ0) is 25.5. The second kappa shape index (κ2) is 23.5. The molecule has 0 aliphatic heterocycles. The van der Waals surface area contributed by atoms with E-state index < -0.39 is 8.80 Å². The molecule has 0 N–H and O–H groups in total. The lowest BCUT2D eigenvalue weighted by Crippen LogP contribution is -2.52. The normalized spacial score (nSPS) is 14.1. The molecule has 0 heterocycles. The monoisotopic (exact) mass is 501 g/mol. The van der Waals surface area contributed by atoms with Crippen molar-refractivity contribution in [3.63, 3.8) is 0 Å². The molecule has 0 aliphatic carbocycles. The van der Waals surface area contributed by atoms with Crippen LogP contribution in [0.3, 0.4) is 0 Å². The zero-order valence-corrected chi connectivity index (χ0v) is 25.5. The van der Waals surface area contributed by atoms with Crippen LogP contribution in [0.4, 0.5) is 0 Å². The predicted molar refractivity (Wildman–Crippen MR) is 152 cm³/mol. The first kappa shape index (κ1) is 34.1. The summed E-state index contributed by atoms with van der Waals surface area (Å²) in [6.45, 7) is 12.8. The Hall–Kier alpha value is 0.0569. The third-order valence-corrected chi connectivity index (χ3v) is 10.7. The molecule has 206 valence electrons. The summed E-state index contributed by atoms with van der Waals surface area (Å²) in [6.07, 6.45) is 22.8. The van der Waals surface area contributed by atoms with Crippen LogP contribution in [0.5, 0.6) is 0 Å². The Labute approximate surface area is 216 Å². The maximum Gasteiger partial charge on any atom is 0.504 e. The number of rotatable bonds is 26. The molecule has 0 spiro atoms. The summed E-state index contributed by atoms with van der Waals surface area (Å²) < 4.78 is 19.1. The van der Waals surface area contributed by atoms with Gasteiger partial charge in [-0.25, -0.2) is 0 Å². The minimum atomic E-state index is -2.69. The van der Waals surface area contributed by atoms with E-state index in [2.05, 4.69) is 53.6 Å².